The largest absolute Gasteiger partial charge is 0.368 e. The van der Waals surface area contributed by atoms with Gasteiger partial charge in [-0.1, -0.05) is 61.4 Å². The van der Waals surface area contributed by atoms with Crippen molar-refractivity contribution in [2.45, 2.75) is 50.6 Å². The number of piperazine rings is 1. The summed E-state index contributed by atoms with van der Waals surface area (Å²) in [6.45, 7) is 2.69. The summed E-state index contributed by atoms with van der Waals surface area (Å²) < 4.78 is 0. The number of carbonyl (C=O) groups is 3. The van der Waals surface area contributed by atoms with E-state index in [9.17, 15) is 14.4 Å². The van der Waals surface area contributed by atoms with Crippen LogP contribution in [0.3, 0.4) is 0 Å². The van der Waals surface area contributed by atoms with Crippen LogP contribution < -0.4 is 4.90 Å². The van der Waals surface area contributed by atoms with Crippen LogP contribution in [0.5, 0.6) is 0 Å². The molecule has 1 saturated heterocycles. The molecule has 0 N–H and O–H groups in total. The minimum Gasteiger partial charge on any atom is -0.368 e. The molecule has 1 saturated carbocycles. The molecular weight excluding hydrogens is 536 g/mol. The van der Waals surface area contributed by atoms with E-state index in [1.807, 2.05) is 59.3 Å². The average molecular weight is 573 g/mol. The van der Waals surface area contributed by atoms with E-state index < -0.39 is 6.04 Å². The van der Waals surface area contributed by atoms with Crippen molar-refractivity contribution in [3.8, 4) is 0 Å². The highest BCUT2D eigenvalue weighted by atomic mass is 32.2. The van der Waals surface area contributed by atoms with Gasteiger partial charge in [-0.05, 0) is 37.1 Å². The Labute approximate surface area is 245 Å². The van der Waals surface area contributed by atoms with Crippen molar-refractivity contribution < 1.29 is 14.4 Å². The molecule has 4 aliphatic rings. The summed E-state index contributed by atoms with van der Waals surface area (Å²) in [4.78, 5) is 56.9. The van der Waals surface area contributed by atoms with E-state index >= 15 is 0 Å². The molecule has 1 atom stereocenters. The Bertz CT molecular complexity index is 1360. The molecule has 1 unspecified atom stereocenters. The van der Waals surface area contributed by atoms with Crippen LogP contribution in [-0.2, 0) is 14.4 Å². The zero-order valence-electron chi connectivity index (χ0n) is 23.4. The van der Waals surface area contributed by atoms with Gasteiger partial charge in [0.2, 0.25) is 11.8 Å². The number of aliphatic imine (C=N–C) groups is 2. The lowest BCUT2D eigenvalue weighted by molar-refractivity contribution is -0.134. The first-order valence-corrected chi connectivity index (χ1v) is 15.5. The first kappa shape index (κ1) is 27.5. The Morgan fingerprint density at radius 2 is 1.63 bits per heavy atom. The number of benzene rings is 2. The second-order valence-electron chi connectivity index (χ2n) is 11.1. The van der Waals surface area contributed by atoms with E-state index in [0.717, 1.165) is 55.7 Å². The van der Waals surface area contributed by atoms with E-state index in [0.29, 0.717) is 24.1 Å². The Balaban J connectivity index is 1.15. The van der Waals surface area contributed by atoms with E-state index in [1.165, 1.54) is 18.2 Å². The second-order valence-corrected chi connectivity index (χ2v) is 12.0. The standard InChI is InChI=1S/C31H36N6O3S/c1-34(22-10-4-2-5-11-22)28(39)21-41-31-32-25-15-9-8-14-24(25)29-33-30(40)26(37(29)31)20-27(38)36-18-16-35(17-19-36)23-12-6-3-7-13-23/h3,6-9,12-15,22,26H,2,4-5,10-11,16-21H2,1H3. The second kappa shape index (κ2) is 12.1. The third-order valence-corrected chi connectivity index (χ3v) is 9.51. The average Bonchev–Trinajstić information content (AvgIpc) is 3.36. The highest BCUT2D eigenvalue weighted by molar-refractivity contribution is 8.14. The fourth-order valence-electron chi connectivity index (χ4n) is 6.15. The number of carbonyl (C=O) groups excluding carboxylic acids is 3. The predicted octanol–water partition coefficient (Wildman–Crippen LogP) is 3.91. The van der Waals surface area contributed by atoms with Gasteiger partial charge in [0, 0.05) is 50.5 Å². The van der Waals surface area contributed by atoms with E-state index in [2.05, 4.69) is 22.0 Å². The van der Waals surface area contributed by atoms with Crippen LogP contribution in [0, 0.1) is 0 Å². The molecule has 3 amide bonds. The van der Waals surface area contributed by atoms with Gasteiger partial charge in [0.25, 0.3) is 5.91 Å². The molecule has 41 heavy (non-hydrogen) atoms. The molecule has 10 heteroatoms. The molecule has 0 aromatic heterocycles. The number of hydrogen-bond donors (Lipinski definition) is 0. The summed E-state index contributed by atoms with van der Waals surface area (Å²) in [7, 11) is 1.89. The predicted molar refractivity (Wildman–Crippen MR) is 163 cm³/mol. The molecule has 6 rings (SSSR count). The fraction of sp³-hybridized carbons (Fsp3) is 0.452. The lowest BCUT2D eigenvalue weighted by Crippen LogP contribution is -2.51. The molecule has 1 aliphatic carbocycles. The lowest BCUT2D eigenvalue weighted by Gasteiger charge is -2.37. The SMILES string of the molecule is CN(C(=O)CSC1=Nc2ccccc2C2=NC(=O)C(CC(=O)N3CCN(c4ccccc4)CC3)N12)C1CCCCC1. The van der Waals surface area contributed by atoms with Crippen LogP contribution in [0.4, 0.5) is 11.4 Å². The van der Waals surface area contributed by atoms with Crippen LogP contribution in [0.25, 0.3) is 0 Å². The van der Waals surface area contributed by atoms with Crippen molar-refractivity contribution in [3.05, 3.63) is 60.2 Å². The van der Waals surface area contributed by atoms with Gasteiger partial charge in [-0.25, -0.2) is 4.99 Å². The van der Waals surface area contributed by atoms with Crippen molar-refractivity contribution in [2.75, 3.05) is 43.9 Å². The summed E-state index contributed by atoms with van der Waals surface area (Å²) in [6.07, 6.45) is 5.66. The number of thioether (sulfide) groups is 1. The molecule has 3 heterocycles. The number of amidine groups is 2. The lowest BCUT2D eigenvalue weighted by atomic mass is 9.94. The van der Waals surface area contributed by atoms with Gasteiger partial charge in [0.1, 0.15) is 11.9 Å². The summed E-state index contributed by atoms with van der Waals surface area (Å²) in [5.41, 5.74) is 2.63. The van der Waals surface area contributed by atoms with Gasteiger partial charge in [0.15, 0.2) is 5.17 Å². The maximum absolute atomic E-state index is 13.5. The number of para-hydroxylation sites is 2. The summed E-state index contributed by atoms with van der Waals surface area (Å²) in [5.74, 6) is 0.378. The Hall–Kier alpha value is -3.66. The van der Waals surface area contributed by atoms with Crippen molar-refractivity contribution in [2.24, 2.45) is 9.98 Å². The molecule has 2 fully saturated rings. The Kier molecular flexibility index (Phi) is 8.09. The number of rotatable bonds is 6. The third kappa shape index (κ3) is 5.75. The molecule has 214 valence electrons. The molecule has 2 aromatic carbocycles. The number of nitrogens with zero attached hydrogens (tertiary/aromatic N) is 6. The highest BCUT2D eigenvalue weighted by Gasteiger charge is 2.43. The molecule has 9 nitrogen and oxygen atoms in total. The number of anilines is 1. The minimum absolute atomic E-state index is 0.0227. The minimum atomic E-state index is -0.768. The smallest absolute Gasteiger partial charge is 0.271 e. The van der Waals surface area contributed by atoms with Crippen LogP contribution in [0.2, 0.25) is 0 Å². The number of amides is 3. The maximum atomic E-state index is 13.5. The third-order valence-electron chi connectivity index (χ3n) is 8.57. The molecule has 0 radical (unpaired) electrons. The fourth-order valence-corrected chi connectivity index (χ4v) is 7.12. The van der Waals surface area contributed by atoms with Gasteiger partial charge in [0.05, 0.1) is 17.9 Å². The monoisotopic (exact) mass is 572 g/mol. The molecule has 0 bridgehead atoms. The van der Waals surface area contributed by atoms with Crippen molar-refractivity contribution in [3.63, 3.8) is 0 Å². The van der Waals surface area contributed by atoms with Gasteiger partial charge >= 0.3 is 0 Å². The zero-order valence-corrected chi connectivity index (χ0v) is 24.3. The number of fused-ring (bicyclic) bond motifs is 3. The zero-order chi connectivity index (χ0) is 28.3. The van der Waals surface area contributed by atoms with E-state index in [-0.39, 0.29) is 35.9 Å². The first-order valence-electron chi connectivity index (χ1n) is 14.6. The Morgan fingerprint density at radius 3 is 2.39 bits per heavy atom. The van der Waals surface area contributed by atoms with Gasteiger partial charge in [-0.2, -0.15) is 4.99 Å². The van der Waals surface area contributed by atoms with Crippen LogP contribution in [-0.4, -0.2) is 94.5 Å². The van der Waals surface area contributed by atoms with Crippen LogP contribution >= 0.6 is 11.8 Å². The topological polar surface area (TPSA) is 88.9 Å². The van der Waals surface area contributed by atoms with Crippen molar-refractivity contribution in [1.82, 2.24) is 14.7 Å². The number of hydrogen-bond acceptors (Lipinski definition) is 7. The van der Waals surface area contributed by atoms with Crippen molar-refractivity contribution in [1.29, 1.82) is 0 Å². The maximum Gasteiger partial charge on any atom is 0.271 e. The van der Waals surface area contributed by atoms with Crippen LogP contribution in [0.15, 0.2) is 64.6 Å². The normalized spacial score (nSPS) is 20.8. The first-order chi connectivity index (χ1) is 20.0. The van der Waals surface area contributed by atoms with E-state index in [4.69, 9.17) is 4.99 Å². The van der Waals surface area contributed by atoms with E-state index in [1.54, 1.807) is 4.90 Å². The summed E-state index contributed by atoms with van der Waals surface area (Å²) in [6, 6.07) is 17.3. The van der Waals surface area contributed by atoms with Crippen molar-refractivity contribution >= 4 is 51.9 Å². The molecule has 3 aliphatic heterocycles. The van der Waals surface area contributed by atoms with Crippen LogP contribution in [0.1, 0.15) is 44.1 Å². The molecular formula is C31H36N6O3S. The summed E-state index contributed by atoms with van der Waals surface area (Å²) in [5, 5.41) is 0.547. The highest BCUT2D eigenvalue weighted by Crippen LogP contribution is 2.35. The molecule has 2 aromatic rings. The van der Waals surface area contributed by atoms with Gasteiger partial charge in [-0.15, -0.1) is 0 Å². The Morgan fingerprint density at radius 1 is 0.927 bits per heavy atom. The van der Waals surface area contributed by atoms with Gasteiger partial charge in [-0.3, -0.25) is 19.3 Å². The molecule has 0 spiro atoms. The van der Waals surface area contributed by atoms with Gasteiger partial charge < -0.3 is 14.7 Å². The quantitative estimate of drug-likeness (QED) is 0.522. The summed E-state index contributed by atoms with van der Waals surface area (Å²) >= 11 is 1.32.